The molecule has 0 bridgehead atoms. The topological polar surface area (TPSA) is 0 Å². The summed E-state index contributed by atoms with van der Waals surface area (Å²) in [6, 6.07) is 0. The van der Waals surface area contributed by atoms with E-state index in [2.05, 4.69) is 27.7 Å². The fourth-order valence-corrected chi connectivity index (χ4v) is 2.23. The molecule has 0 unspecified atom stereocenters. The molecule has 74 valence electrons. The second-order valence-corrected chi connectivity index (χ2v) is 3.83. The number of hydrogen-bond donors (Lipinski definition) is 0. The minimum Gasteiger partial charge on any atom is -0.324 e. The molecule has 0 aromatic carbocycles. The van der Waals surface area contributed by atoms with E-state index in [9.17, 15) is 0 Å². The first kappa shape index (κ1) is 12.0. The summed E-state index contributed by atoms with van der Waals surface area (Å²) in [4.78, 5) is 0. The third-order valence-electron chi connectivity index (χ3n) is 2.76. The van der Waals surface area contributed by atoms with Crippen molar-refractivity contribution in [2.45, 2.75) is 47.0 Å². The summed E-state index contributed by atoms with van der Waals surface area (Å²) >= 11 is 0. The van der Waals surface area contributed by atoms with Crippen LogP contribution in [0.1, 0.15) is 47.0 Å². The quantitative estimate of drug-likeness (QED) is 0.518. The second-order valence-electron chi connectivity index (χ2n) is 3.83. The molecule has 0 radical (unpaired) electrons. The van der Waals surface area contributed by atoms with Gasteiger partial charge in [-0.15, -0.1) is 0 Å². The molecule has 0 aliphatic rings. The Labute approximate surface area is 78.4 Å². The monoisotopic (exact) mass is 172 g/mol. The van der Waals surface area contributed by atoms with E-state index in [0.717, 1.165) is 0 Å². The lowest BCUT2D eigenvalue weighted by molar-refractivity contribution is -0.926. The van der Waals surface area contributed by atoms with E-state index in [-0.39, 0.29) is 0 Å². The van der Waals surface area contributed by atoms with Crippen LogP contribution in [0, 0.1) is 0 Å². The molecule has 0 saturated carbocycles. The molecule has 0 amide bonds. The van der Waals surface area contributed by atoms with Crippen molar-refractivity contribution in [3.05, 3.63) is 0 Å². The highest BCUT2D eigenvalue weighted by Gasteiger charge is 2.21. The predicted octanol–water partition coefficient (Wildman–Crippen LogP) is 3.05. The van der Waals surface area contributed by atoms with Gasteiger partial charge in [-0.05, 0) is 26.2 Å². The van der Waals surface area contributed by atoms with Gasteiger partial charge in [-0.3, -0.25) is 0 Å². The van der Waals surface area contributed by atoms with Crippen molar-refractivity contribution in [1.29, 1.82) is 0 Å². The summed E-state index contributed by atoms with van der Waals surface area (Å²) in [6.07, 6.45) is 3.98. The van der Waals surface area contributed by atoms with Gasteiger partial charge >= 0.3 is 0 Å². The fraction of sp³-hybridized carbons (Fsp3) is 1.00. The van der Waals surface area contributed by atoms with E-state index < -0.39 is 0 Å². The van der Waals surface area contributed by atoms with Crippen molar-refractivity contribution >= 4 is 0 Å². The summed E-state index contributed by atoms with van der Waals surface area (Å²) in [5, 5.41) is 0. The molecule has 0 aromatic rings. The van der Waals surface area contributed by atoms with Crippen LogP contribution >= 0.6 is 0 Å². The van der Waals surface area contributed by atoms with Crippen LogP contribution in [0.4, 0.5) is 0 Å². The predicted molar refractivity (Wildman–Crippen MR) is 56.3 cm³/mol. The molecule has 0 spiro atoms. The minimum atomic E-state index is 1.32. The summed E-state index contributed by atoms with van der Waals surface area (Å²) in [6.45, 7) is 14.7. The molecule has 1 heteroatoms. The maximum atomic E-state index is 2.33. The van der Waals surface area contributed by atoms with Gasteiger partial charge in [-0.2, -0.15) is 0 Å². The normalized spacial score (nSPS) is 12.0. The van der Waals surface area contributed by atoms with Gasteiger partial charge in [0.2, 0.25) is 0 Å². The number of hydrogen-bond acceptors (Lipinski definition) is 0. The van der Waals surface area contributed by atoms with Gasteiger partial charge in [0.25, 0.3) is 0 Å². The van der Waals surface area contributed by atoms with Gasteiger partial charge in [0.1, 0.15) is 0 Å². The van der Waals surface area contributed by atoms with Crippen LogP contribution in [-0.2, 0) is 0 Å². The van der Waals surface area contributed by atoms with E-state index in [0.29, 0.717) is 0 Å². The molecule has 0 aliphatic heterocycles. The summed E-state index contributed by atoms with van der Waals surface area (Å²) in [5.41, 5.74) is 0. The maximum Gasteiger partial charge on any atom is 0.0783 e. The van der Waals surface area contributed by atoms with E-state index in [4.69, 9.17) is 0 Å². The molecule has 0 N–H and O–H groups in total. The highest BCUT2D eigenvalue weighted by Crippen LogP contribution is 2.10. The third-order valence-corrected chi connectivity index (χ3v) is 2.76. The molecule has 0 aromatic heterocycles. The van der Waals surface area contributed by atoms with Crippen molar-refractivity contribution in [2.24, 2.45) is 0 Å². The SMILES string of the molecule is CCC[N+](CC)(CCC)CCC. The average Bonchev–Trinajstić information content (AvgIpc) is 2.06. The Morgan fingerprint density at radius 2 is 1.00 bits per heavy atom. The zero-order chi connectivity index (χ0) is 9.45. The number of nitrogens with zero attached hydrogens (tertiary/aromatic N) is 1. The van der Waals surface area contributed by atoms with Gasteiger partial charge in [0, 0.05) is 0 Å². The molecular weight excluding hydrogens is 146 g/mol. The van der Waals surface area contributed by atoms with Crippen molar-refractivity contribution in [3.8, 4) is 0 Å². The van der Waals surface area contributed by atoms with E-state index in [1.807, 2.05) is 0 Å². The number of rotatable bonds is 7. The van der Waals surface area contributed by atoms with Crippen molar-refractivity contribution in [3.63, 3.8) is 0 Å². The van der Waals surface area contributed by atoms with E-state index in [1.165, 1.54) is 49.9 Å². The first-order chi connectivity index (χ1) is 5.74. The smallest absolute Gasteiger partial charge is 0.0783 e. The molecule has 0 atom stereocenters. The van der Waals surface area contributed by atoms with Crippen LogP contribution in [0.2, 0.25) is 0 Å². The van der Waals surface area contributed by atoms with Crippen molar-refractivity contribution in [1.82, 2.24) is 0 Å². The van der Waals surface area contributed by atoms with Crippen LogP contribution < -0.4 is 0 Å². The lowest BCUT2D eigenvalue weighted by Gasteiger charge is -2.37. The zero-order valence-electron chi connectivity index (χ0n) is 9.40. The largest absolute Gasteiger partial charge is 0.324 e. The number of quaternary nitrogens is 1. The molecule has 0 rings (SSSR count). The summed E-state index contributed by atoms with van der Waals surface area (Å²) in [7, 11) is 0. The third kappa shape index (κ3) is 3.57. The summed E-state index contributed by atoms with van der Waals surface area (Å²) < 4.78 is 1.35. The Hall–Kier alpha value is -0.0400. The Balaban J connectivity index is 4.06. The van der Waals surface area contributed by atoms with Crippen LogP contribution in [0.15, 0.2) is 0 Å². The van der Waals surface area contributed by atoms with E-state index >= 15 is 0 Å². The van der Waals surface area contributed by atoms with Crippen molar-refractivity contribution < 1.29 is 4.48 Å². The van der Waals surface area contributed by atoms with Crippen molar-refractivity contribution in [2.75, 3.05) is 26.2 Å². The molecule has 12 heavy (non-hydrogen) atoms. The first-order valence-electron chi connectivity index (χ1n) is 5.59. The lowest BCUT2D eigenvalue weighted by atomic mass is 10.2. The molecule has 0 heterocycles. The molecule has 1 nitrogen and oxygen atoms in total. The van der Waals surface area contributed by atoms with Gasteiger partial charge in [-0.1, -0.05) is 20.8 Å². The van der Waals surface area contributed by atoms with E-state index in [1.54, 1.807) is 0 Å². The second kappa shape index (κ2) is 6.47. The molecule has 0 saturated heterocycles. The molecular formula is C11H26N+. The zero-order valence-corrected chi connectivity index (χ0v) is 9.40. The fourth-order valence-electron chi connectivity index (χ4n) is 2.23. The Kier molecular flexibility index (Phi) is 6.45. The highest BCUT2D eigenvalue weighted by molar-refractivity contribution is 4.41. The Morgan fingerprint density at radius 1 is 0.667 bits per heavy atom. The van der Waals surface area contributed by atoms with Gasteiger partial charge in [0.05, 0.1) is 26.2 Å². The lowest BCUT2D eigenvalue weighted by Crippen LogP contribution is -2.49. The van der Waals surface area contributed by atoms with Crippen LogP contribution in [0.5, 0.6) is 0 Å². The average molecular weight is 172 g/mol. The van der Waals surface area contributed by atoms with Gasteiger partial charge < -0.3 is 4.48 Å². The van der Waals surface area contributed by atoms with Crippen LogP contribution in [-0.4, -0.2) is 30.7 Å². The summed E-state index contributed by atoms with van der Waals surface area (Å²) in [5.74, 6) is 0. The Bertz CT molecular complexity index is 82.2. The van der Waals surface area contributed by atoms with Gasteiger partial charge in [-0.25, -0.2) is 0 Å². The maximum absolute atomic E-state index is 2.33. The van der Waals surface area contributed by atoms with Gasteiger partial charge in [0.15, 0.2) is 0 Å². The van der Waals surface area contributed by atoms with Crippen LogP contribution in [0.3, 0.4) is 0 Å². The molecule has 0 fully saturated rings. The first-order valence-corrected chi connectivity index (χ1v) is 5.59. The minimum absolute atomic E-state index is 1.32. The standard InChI is InChI=1S/C11H26N/c1-5-9-12(8-4,10-6-2)11-7-3/h5-11H2,1-4H3/q+1. The van der Waals surface area contributed by atoms with Crippen LogP contribution in [0.25, 0.3) is 0 Å². The highest BCUT2D eigenvalue weighted by atomic mass is 15.3. The Morgan fingerprint density at radius 3 is 1.17 bits per heavy atom. The molecule has 0 aliphatic carbocycles.